The first-order valence-electron chi connectivity index (χ1n) is 9.98. The van der Waals surface area contributed by atoms with Crippen LogP contribution in [0.3, 0.4) is 0 Å². The molecule has 2 aliphatic rings. The van der Waals surface area contributed by atoms with Crippen molar-refractivity contribution >= 4 is 17.5 Å². The maximum atomic E-state index is 5.52. The fraction of sp³-hybridized carbons (Fsp3) is 0.524. The number of ether oxygens (including phenoxy) is 1. The van der Waals surface area contributed by atoms with E-state index in [1.54, 1.807) is 7.11 Å². The zero-order chi connectivity index (χ0) is 18.6. The fourth-order valence-electron chi connectivity index (χ4n) is 4.00. The largest absolute Gasteiger partial charge is 0.495 e. The second-order valence-electron chi connectivity index (χ2n) is 7.36. The van der Waals surface area contributed by atoms with Crippen LogP contribution in [0.5, 0.6) is 5.75 Å². The van der Waals surface area contributed by atoms with Gasteiger partial charge in [-0.15, -0.1) is 0 Å². The molecule has 0 bridgehead atoms. The highest BCUT2D eigenvalue weighted by Crippen LogP contribution is 2.29. The van der Waals surface area contributed by atoms with Gasteiger partial charge in [-0.3, -0.25) is 0 Å². The molecule has 144 valence electrons. The number of para-hydroxylation sites is 2. The van der Waals surface area contributed by atoms with E-state index in [0.29, 0.717) is 0 Å². The monoisotopic (exact) mass is 367 g/mol. The van der Waals surface area contributed by atoms with Gasteiger partial charge in [-0.25, -0.2) is 4.98 Å². The molecule has 0 unspecified atom stereocenters. The highest BCUT2D eigenvalue weighted by Gasteiger charge is 2.22. The number of rotatable bonds is 4. The van der Waals surface area contributed by atoms with Crippen molar-refractivity contribution in [3.05, 3.63) is 36.0 Å². The molecule has 0 radical (unpaired) electrons. The number of piperazine rings is 1. The lowest BCUT2D eigenvalue weighted by Gasteiger charge is -2.37. The molecule has 0 saturated carbocycles. The van der Waals surface area contributed by atoms with Crippen LogP contribution in [0.15, 0.2) is 30.3 Å². The number of aromatic nitrogens is 2. The van der Waals surface area contributed by atoms with E-state index in [-0.39, 0.29) is 0 Å². The SMILES string of the molecule is COc1ccccc1N1CCN(c2nc(C)cc(N3CCCCC3)n2)CC1. The number of hydrogen-bond acceptors (Lipinski definition) is 6. The first-order chi connectivity index (χ1) is 13.2. The Morgan fingerprint density at radius 2 is 1.52 bits per heavy atom. The summed E-state index contributed by atoms with van der Waals surface area (Å²) in [6, 6.07) is 10.4. The minimum atomic E-state index is 0.871. The van der Waals surface area contributed by atoms with Crippen LogP contribution in [-0.2, 0) is 0 Å². The van der Waals surface area contributed by atoms with Crippen LogP contribution in [0.4, 0.5) is 17.5 Å². The molecule has 2 fully saturated rings. The highest BCUT2D eigenvalue weighted by atomic mass is 16.5. The molecule has 0 amide bonds. The molecule has 0 spiro atoms. The quantitative estimate of drug-likeness (QED) is 0.827. The van der Waals surface area contributed by atoms with Crippen LogP contribution in [0.1, 0.15) is 25.0 Å². The van der Waals surface area contributed by atoms with E-state index in [4.69, 9.17) is 14.7 Å². The summed E-state index contributed by atoms with van der Waals surface area (Å²) < 4.78 is 5.52. The van der Waals surface area contributed by atoms with Crippen molar-refractivity contribution in [1.82, 2.24) is 9.97 Å². The van der Waals surface area contributed by atoms with Crippen molar-refractivity contribution in [3.63, 3.8) is 0 Å². The Bertz CT molecular complexity index is 767. The Hall–Kier alpha value is -2.50. The molecule has 0 N–H and O–H groups in total. The Kier molecular flexibility index (Phi) is 5.32. The summed E-state index contributed by atoms with van der Waals surface area (Å²) in [5, 5.41) is 0. The van der Waals surface area contributed by atoms with Gasteiger partial charge in [-0.05, 0) is 38.3 Å². The van der Waals surface area contributed by atoms with E-state index >= 15 is 0 Å². The van der Waals surface area contributed by atoms with E-state index in [9.17, 15) is 0 Å². The molecule has 2 aromatic rings. The molecule has 0 aliphatic carbocycles. The van der Waals surface area contributed by atoms with Gasteiger partial charge < -0.3 is 19.4 Å². The summed E-state index contributed by atoms with van der Waals surface area (Å²) in [6.07, 6.45) is 3.85. The number of benzene rings is 1. The van der Waals surface area contributed by atoms with Gasteiger partial charge in [0.1, 0.15) is 11.6 Å². The maximum absolute atomic E-state index is 5.52. The molecule has 1 aromatic heterocycles. The van der Waals surface area contributed by atoms with Gasteiger partial charge in [0.15, 0.2) is 0 Å². The van der Waals surface area contributed by atoms with Crippen molar-refractivity contribution in [3.8, 4) is 5.75 Å². The van der Waals surface area contributed by atoms with Crippen molar-refractivity contribution in [2.24, 2.45) is 0 Å². The van der Waals surface area contributed by atoms with Gasteiger partial charge in [0, 0.05) is 51.0 Å². The topological polar surface area (TPSA) is 44.7 Å². The van der Waals surface area contributed by atoms with E-state index in [0.717, 1.165) is 62.5 Å². The first kappa shape index (κ1) is 17.9. The van der Waals surface area contributed by atoms with E-state index in [1.165, 1.54) is 24.9 Å². The number of methoxy groups -OCH3 is 1. The molecule has 6 nitrogen and oxygen atoms in total. The van der Waals surface area contributed by atoms with Crippen molar-refractivity contribution in [2.75, 3.05) is 61.1 Å². The second-order valence-corrected chi connectivity index (χ2v) is 7.36. The summed E-state index contributed by atoms with van der Waals surface area (Å²) in [6.45, 7) is 8.01. The fourth-order valence-corrected chi connectivity index (χ4v) is 4.00. The number of hydrogen-bond donors (Lipinski definition) is 0. The molecule has 6 heteroatoms. The van der Waals surface area contributed by atoms with Crippen LogP contribution in [-0.4, -0.2) is 56.3 Å². The Labute approximate surface area is 161 Å². The molecular formula is C21H29N5O. The zero-order valence-corrected chi connectivity index (χ0v) is 16.4. The Morgan fingerprint density at radius 3 is 2.26 bits per heavy atom. The van der Waals surface area contributed by atoms with Gasteiger partial charge in [0.05, 0.1) is 12.8 Å². The molecule has 2 saturated heterocycles. The third-order valence-corrected chi connectivity index (χ3v) is 5.50. The lowest BCUT2D eigenvalue weighted by atomic mass is 10.1. The predicted molar refractivity (Wildman–Crippen MR) is 110 cm³/mol. The van der Waals surface area contributed by atoms with E-state index < -0.39 is 0 Å². The third kappa shape index (κ3) is 3.94. The van der Waals surface area contributed by atoms with Crippen LogP contribution in [0.25, 0.3) is 0 Å². The van der Waals surface area contributed by atoms with Gasteiger partial charge in [-0.2, -0.15) is 4.98 Å². The molecule has 0 atom stereocenters. The normalized spacial score (nSPS) is 17.9. The van der Waals surface area contributed by atoms with E-state index in [2.05, 4.69) is 39.8 Å². The minimum Gasteiger partial charge on any atom is -0.495 e. The summed E-state index contributed by atoms with van der Waals surface area (Å²) >= 11 is 0. The van der Waals surface area contributed by atoms with Gasteiger partial charge in [0.2, 0.25) is 5.95 Å². The molecule has 27 heavy (non-hydrogen) atoms. The zero-order valence-electron chi connectivity index (χ0n) is 16.4. The first-order valence-corrected chi connectivity index (χ1v) is 9.98. The number of aryl methyl sites for hydroxylation is 1. The summed E-state index contributed by atoms with van der Waals surface area (Å²) in [5.41, 5.74) is 2.21. The molecule has 3 heterocycles. The maximum Gasteiger partial charge on any atom is 0.227 e. The third-order valence-electron chi connectivity index (χ3n) is 5.50. The van der Waals surface area contributed by atoms with E-state index in [1.807, 2.05) is 12.1 Å². The number of anilines is 3. The summed E-state index contributed by atoms with van der Waals surface area (Å²) in [4.78, 5) is 16.7. The van der Waals surface area contributed by atoms with Crippen molar-refractivity contribution < 1.29 is 4.74 Å². The van der Waals surface area contributed by atoms with Gasteiger partial charge >= 0.3 is 0 Å². The smallest absolute Gasteiger partial charge is 0.227 e. The summed E-state index contributed by atoms with van der Waals surface area (Å²) in [5.74, 6) is 2.89. The average Bonchev–Trinajstić information content (AvgIpc) is 2.74. The lowest BCUT2D eigenvalue weighted by molar-refractivity contribution is 0.413. The summed E-state index contributed by atoms with van der Waals surface area (Å²) in [7, 11) is 1.73. The van der Waals surface area contributed by atoms with Crippen LogP contribution in [0, 0.1) is 6.92 Å². The predicted octanol–water partition coefficient (Wildman–Crippen LogP) is 3.11. The molecule has 4 rings (SSSR count). The lowest BCUT2D eigenvalue weighted by Crippen LogP contribution is -2.47. The van der Waals surface area contributed by atoms with Crippen LogP contribution < -0.4 is 19.4 Å². The average molecular weight is 367 g/mol. The van der Waals surface area contributed by atoms with Crippen LogP contribution in [0.2, 0.25) is 0 Å². The Morgan fingerprint density at radius 1 is 0.815 bits per heavy atom. The molecular weight excluding hydrogens is 338 g/mol. The number of nitrogens with zero attached hydrogens (tertiary/aromatic N) is 5. The Balaban J connectivity index is 1.47. The number of piperidine rings is 1. The standard InChI is InChI=1S/C21H29N5O/c1-17-16-20(25-10-6-3-7-11-25)23-21(22-17)26-14-12-24(13-15-26)18-8-4-5-9-19(18)27-2/h4-5,8-9,16H,3,6-7,10-15H2,1-2H3. The van der Waals surface area contributed by atoms with Crippen molar-refractivity contribution in [2.45, 2.75) is 26.2 Å². The minimum absolute atomic E-state index is 0.871. The second kappa shape index (κ2) is 8.03. The highest BCUT2D eigenvalue weighted by molar-refractivity contribution is 5.59. The van der Waals surface area contributed by atoms with Gasteiger partial charge in [-0.1, -0.05) is 12.1 Å². The molecule has 2 aliphatic heterocycles. The van der Waals surface area contributed by atoms with Gasteiger partial charge in [0.25, 0.3) is 0 Å². The van der Waals surface area contributed by atoms with Crippen LogP contribution >= 0.6 is 0 Å². The van der Waals surface area contributed by atoms with Crippen molar-refractivity contribution in [1.29, 1.82) is 0 Å². The molecule has 1 aromatic carbocycles.